The molecule has 17 heavy (non-hydrogen) atoms. The Morgan fingerprint density at radius 3 is 2.82 bits per heavy atom. The zero-order valence-corrected chi connectivity index (χ0v) is 10.7. The fourth-order valence-corrected chi connectivity index (χ4v) is 2.37. The fraction of sp³-hybridized carbons (Fsp3) is 0.571. The average Bonchev–Trinajstić information content (AvgIpc) is 2.82. The molecule has 2 unspecified atom stereocenters. The molecule has 1 aromatic carbocycles. The summed E-state index contributed by atoms with van der Waals surface area (Å²) < 4.78 is 5.67. The van der Waals surface area contributed by atoms with Gasteiger partial charge in [0.15, 0.2) is 0 Å². The van der Waals surface area contributed by atoms with E-state index >= 15 is 0 Å². The van der Waals surface area contributed by atoms with Gasteiger partial charge >= 0.3 is 0 Å². The molecule has 0 amide bonds. The predicted octanol–water partition coefficient (Wildman–Crippen LogP) is 2.38. The first-order chi connectivity index (χ1) is 8.20. The number of aryl methyl sites for hydroxylation is 2. The minimum absolute atomic E-state index is 0.192. The molecular formula is C14H22N2O. The van der Waals surface area contributed by atoms with E-state index in [1.54, 1.807) is 0 Å². The van der Waals surface area contributed by atoms with Crippen LogP contribution in [0.3, 0.4) is 0 Å². The Kier molecular flexibility index (Phi) is 4.15. The lowest BCUT2D eigenvalue weighted by molar-refractivity contribution is 0.0946. The summed E-state index contributed by atoms with van der Waals surface area (Å²) in [6.45, 7) is 5.16. The van der Waals surface area contributed by atoms with E-state index in [9.17, 15) is 0 Å². The molecule has 1 saturated heterocycles. The Labute approximate surface area is 103 Å². The molecular weight excluding hydrogens is 212 g/mol. The third kappa shape index (κ3) is 3.06. The summed E-state index contributed by atoms with van der Waals surface area (Å²) >= 11 is 0. The van der Waals surface area contributed by atoms with Crippen molar-refractivity contribution < 1.29 is 4.74 Å². The SMILES string of the molecule is Cc1ccc(C(CC2CCCO2)NN)cc1C. The van der Waals surface area contributed by atoms with Crippen molar-refractivity contribution >= 4 is 0 Å². The van der Waals surface area contributed by atoms with E-state index in [0.717, 1.165) is 19.4 Å². The van der Waals surface area contributed by atoms with Crippen LogP contribution >= 0.6 is 0 Å². The van der Waals surface area contributed by atoms with E-state index < -0.39 is 0 Å². The van der Waals surface area contributed by atoms with Gasteiger partial charge in [-0.3, -0.25) is 11.3 Å². The van der Waals surface area contributed by atoms with Crippen molar-refractivity contribution in [2.24, 2.45) is 5.84 Å². The first kappa shape index (κ1) is 12.6. The number of nitrogens with one attached hydrogen (secondary N) is 1. The normalized spacial score (nSPS) is 21.7. The lowest BCUT2D eigenvalue weighted by Crippen LogP contribution is -2.30. The molecule has 0 bridgehead atoms. The van der Waals surface area contributed by atoms with Crippen LogP contribution in [0.5, 0.6) is 0 Å². The Morgan fingerprint density at radius 1 is 1.41 bits per heavy atom. The highest BCUT2D eigenvalue weighted by molar-refractivity contribution is 5.31. The first-order valence-corrected chi connectivity index (χ1v) is 6.35. The van der Waals surface area contributed by atoms with Crippen molar-refractivity contribution in [1.29, 1.82) is 0 Å². The van der Waals surface area contributed by atoms with Gasteiger partial charge in [-0.2, -0.15) is 0 Å². The minimum atomic E-state index is 0.192. The Bertz CT molecular complexity index is 372. The molecule has 3 N–H and O–H groups in total. The molecule has 1 aliphatic heterocycles. The second-order valence-electron chi connectivity index (χ2n) is 4.93. The lowest BCUT2D eigenvalue weighted by atomic mass is 9.97. The van der Waals surface area contributed by atoms with E-state index in [-0.39, 0.29) is 6.04 Å². The molecule has 94 valence electrons. The number of hydrazine groups is 1. The molecule has 2 rings (SSSR count). The molecule has 1 aliphatic rings. The zero-order chi connectivity index (χ0) is 12.3. The largest absolute Gasteiger partial charge is 0.378 e. The van der Waals surface area contributed by atoms with E-state index in [0.29, 0.717) is 6.10 Å². The maximum Gasteiger partial charge on any atom is 0.0594 e. The van der Waals surface area contributed by atoms with E-state index in [4.69, 9.17) is 10.6 Å². The van der Waals surface area contributed by atoms with E-state index in [1.165, 1.54) is 23.1 Å². The van der Waals surface area contributed by atoms with Crippen LogP contribution in [0, 0.1) is 13.8 Å². The highest BCUT2D eigenvalue weighted by Crippen LogP contribution is 2.25. The molecule has 0 saturated carbocycles. The average molecular weight is 234 g/mol. The summed E-state index contributed by atoms with van der Waals surface area (Å²) in [5, 5.41) is 0. The monoisotopic (exact) mass is 234 g/mol. The smallest absolute Gasteiger partial charge is 0.0594 e. The molecule has 3 nitrogen and oxygen atoms in total. The number of nitrogens with two attached hydrogens (primary N) is 1. The summed E-state index contributed by atoms with van der Waals surface area (Å²) in [5.74, 6) is 5.67. The van der Waals surface area contributed by atoms with Gasteiger partial charge in [-0.05, 0) is 49.8 Å². The topological polar surface area (TPSA) is 47.3 Å². The van der Waals surface area contributed by atoms with Crippen molar-refractivity contribution in [3.8, 4) is 0 Å². The zero-order valence-electron chi connectivity index (χ0n) is 10.7. The van der Waals surface area contributed by atoms with E-state index in [2.05, 4.69) is 37.5 Å². The quantitative estimate of drug-likeness (QED) is 0.621. The molecule has 0 aliphatic carbocycles. The summed E-state index contributed by atoms with van der Waals surface area (Å²) in [4.78, 5) is 0. The van der Waals surface area contributed by atoms with Gasteiger partial charge in [-0.1, -0.05) is 18.2 Å². The summed E-state index contributed by atoms with van der Waals surface area (Å²) in [6.07, 6.45) is 3.65. The maximum absolute atomic E-state index is 5.67. The second-order valence-corrected chi connectivity index (χ2v) is 4.93. The van der Waals surface area contributed by atoms with Crippen LogP contribution in [0.4, 0.5) is 0 Å². The van der Waals surface area contributed by atoms with E-state index in [1.807, 2.05) is 0 Å². The van der Waals surface area contributed by atoms with Crippen molar-refractivity contribution in [2.75, 3.05) is 6.61 Å². The standard InChI is InChI=1S/C14H22N2O/c1-10-5-6-12(8-11(10)2)14(16-15)9-13-4-3-7-17-13/h5-6,8,13-14,16H,3-4,7,9,15H2,1-2H3. The molecule has 0 radical (unpaired) electrons. The number of ether oxygens (including phenoxy) is 1. The van der Waals surface area contributed by atoms with Gasteiger partial charge in [-0.25, -0.2) is 0 Å². The lowest BCUT2D eigenvalue weighted by Gasteiger charge is -2.20. The van der Waals surface area contributed by atoms with Crippen LogP contribution in [0.1, 0.15) is 42.0 Å². The minimum Gasteiger partial charge on any atom is -0.378 e. The van der Waals surface area contributed by atoms with Gasteiger partial charge in [0.05, 0.1) is 6.10 Å². The second kappa shape index (κ2) is 5.63. The van der Waals surface area contributed by atoms with Crippen LogP contribution in [-0.2, 0) is 4.74 Å². The predicted molar refractivity (Wildman–Crippen MR) is 69.6 cm³/mol. The van der Waals surface area contributed by atoms with Crippen LogP contribution < -0.4 is 11.3 Å². The maximum atomic E-state index is 5.67. The van der Waals surface area contributed by atoms with Crippen molar-refractivity contribution in [3.05, 3.63) is 34.9 Å². The van der Waals surface area contributed by atoms with Gasteiger partial charge in [0.2, 0.25) is 0 Å². The Morgan fingerprint density at radius 2 is 2.24 bits per heavy atom. The third-order valence-corrected chi connectivity index (χ3v) is 3.66. The first-order valence-electron chi connectivity index (χ1n) is 6.35. The number of hydrogen-bond acceptors (Lipinski definition) is 3. The van der Waals surface area contributed by atoms with Crippen molar-refractivity contribution in [1.82, 2.24) is 5.43 Å². The molecule has 0 spiro atoms. The summed E-state index contributed by atoms with van der Waals surface area (Å²) in [6, 6.07) is 6.72. The third-order valence-electron chi connectivity index (χ3n) is 3.66. The Hall–Kier alpha value is -0.900. The van der Waals surface area contributed by atoms with Gasteiger partial charge in [0.1, 0.15) is 0 Å². The summed E-state index contributed by atoms with van der Waals surface area (Å²) in [5.41, 5.74) is 6.80. The fourth-order valence-electron chi connectivity index (χ4n) is 2.37. The van der Waals surface area contributed by atoms with Crippen molar-refractivity contribution in [3.63, 3.8) is 0 Å². The van der Waals surface area contributed by atoms with Crippen LogP contribution in [0.2, 0.25) is 0 Å². The van der Waals surface area contributed by atoms with Gasteiger partial charge in [-0.15, -0.1) is 0 Å². The Balaban J connectivity index is 2.08. The highest BCUT2D eigenvalue weighted by atomic mass is 16.5. The molecule has 3 heteroatoms. The highest BCUT2D eigenvalue weighted by Gasteiger charge is 2.21. The summed E-state index contributed by atoms with van der Waals surface area (Å²) in [7, 11) is 0. The number of rotatable bonds is 4. The molecule has 2 atom stereocenters. The van der Waals surface area contributed by atoms with Crippen LogP contribution in [0.25, 0.3) is 0 Å². The van der Waals surface area contributed by atoms with Gasteiger partial charge in [0.25, 0.3) is 0 Å². The number of benzene rings is 1. The molecule has 1 fully saturated rings. The molecule has 1 heterocycles. The molecule has 0 aromatic heterocycles. The molecule has 1 aromatic rings. The van der Waals surface area contributed by atoms with Crippen molar-refractivity contribution in [2.45, 2.75) is 45.3 Å². The number of hydrogen-bond donors (Lipinski definition) is 2. The van der Waals surface area contributed by atoms with Crippen LogP contribution in [-0.4, -0.2) is 12.7 Å². The van der Waals surface area contributed by atoms with Crippen LogP contribution in [0.15, 0.2) is 18.2 Å². The van der Waals surface area contributed by atoms with Gasteiger partial charge < -0.3 is 4.74 Å². The van der Waals surface area contributed by atoms with Gasteiger partial charge in [0, 0.05) is 12.6 Å².